The van der Waals surface area contributed by atoms with E-state index < -0.39 is 10.0 Å². The molecular formula is C20H38IN5O3S. The monoisotopic (exact) mass is 555 g/mol. The maximum atomic E-state index is 12.3. The summed E-state index contributed by atoms with van der Waals surface area (Å²) in [6.07, 6.45) is 1.01. The van der Waals surface area contributed by atoms with Gasteiger partial charge in [0.1, 0.15) is 0 Å². The van der Waals surface area contributed by atoms with Crippen molar-refractivity contribution in [3.8, 4) is 0 Å². The van der Waals surface area contributed by atoms with Crippen molar-refractivity contribution in [2.75, 3.05) is 47.4 Å². The number of ether oxygens (including phenoxy) is 1. The molecule has 1 rings (SSSR count). The number of nitrogens with zero attached hydrogens (tertiary/aromatic N) is 2. The van der Waals surface area contributed by atoms with E-state index in [2.05, 4.69) is 32.3 Å². The molecule has 0 heterocycles. The van der Waals surface area contributed by atoms with Gasteiger partial charge in [-0.2, -0.15) is 0 Å². The van der Waals surface area contributed by atoms with Gasteiger partial charge in [-0.15, -0.1) is 24.0 Å². The smallest absolute Gasteiger partial charge is 0.216 e. The zero-order chi connectivity index (χ0) is 21.7. The number of halogens is 1. The molecule has 8 nitrogen and oxygen atoms in total. The highest BCUT2D eigenvalue weighted by Crippen LogP contribution is 2.12. The summed E-state index contributed by atoms with van der Waals surface area (Å²) in [6.45, 7) is 7.52. The number of sulfonamides is 1. The Labute approximate surface area is 199 Å². The first-order chi connectivity index (χ1) is 13.8. The predicted molar refractivity (Wildman–Crippen MR) is 135 cm³/mol. The second-order valence-corrected chi connectivity index (χ2v) is 9.06. The number of benzene rings is 1. The highest BCUT2D eigenvalue weighted by atomic mass is 127. The first-order valence-electron chi connectivity index (χ1n) is 9.96. The third-order valence-corrected chi connectivity index (χ3v) is 5.74. The van der Waals surface area contributed by atoms with Crippen LogP contribution in [0.1, 0.15) is 31.4 Å². The normalized spacial score (nSPS) is 12.2. The number of likely N-dealkylation sites (N-methyl/N-ethyl adjacent to an activating group) is 1. The van der Waals surface area contributed by atoms with E-state index in [4.69, 9.17) is 4.74 Å². The molecule has 0 radical (unpaired) electrons. The fourth-order valence-corrected chi connectivity index (χ4v) is 4.32. The molecule has 0 fully saturated rings. The number of aliphatic imine (C=N–C) groups is 1. The van der Waals surface area contributed by atoms with Crippen LogP contribution in [-0.4, -0.2) is 72.8 Å². The quantitative estimate of drug-likeness (QED) is 0.149. The number of hydrogen-bond acceptors (Lipinski definition) is 5. The molecule has 0 spiro atoms. The van der Waals surface area contributed by atoms with Gasteiger partial charge in [-0.25, -0.2) is 13.1 Å². The number of nitrogens with one attached hydrogen (secondary N) is 3. The molecule has 0 unspecified atom stereocenters. The van der Waals surface area contributed by atoms with Gasteiger partial charge in [-0.1, -0.05) is 24.3 Å². The highest BCUT2D eigenvalue weighted by molar-refractivity contribution is 14.0. The lowest BCUT2D eigenvalue weighted by atomic mass is 10.1. The summed E-state index contributed by atoms with van der Waals surface area (Å²) in [4.78, 5) is 6.48. The summed E-state index contributed by atoms with van der Waals surface area (Å²) >= 11 is 0. The van der Waals surface area contributed by atoms with Gasteiger partial charge >= 0.3 is 0 Å². The molecular weight excluding hydrogens is 517 g/mol. The van der Waals surface area contributed by atoms with E-state index in [0.717, 1.165) is 43.8 Å². The fraction of sp³-hybridized carbons (Fsp3) is 0.650. The molecule has 0 aliphatic carbocycles. The standard InChI is InChI=1S/C20H37N5O3S.HI/c1-17(2)24-29(26,27)16-19-10-7-6-9-18(19)15-23-20(21-3)22-11-13-25(4)12-8-14-28-5;/h6-7,9-10,17,24H,8,11-16H2,1-5H3,(H2,21,22,23);1H. The lowest BCUT2D eigenvalue weighted by Gasteiger charge is -2.18. The first-order valence-corrected chi connectivity index (χ1v) is 11.6. The highest BCUT2D eigenvalue weighted by Gasteiger charge is 2.15. The van der Waals surface area contributed by atoms with Gasteiger partial charge < -0.3 is 20.3 Å². The molecule has 0 atom stereocenters. The number of hydrogen-bond donors (Lipinski definition) is 3. The van der Waals surface area contributed by atoms with Crippen LogP contribution in [0.25, 0.3) is 0 Å². The lowest BCUT2D eigenvalue weighted by molar-refractivity contribution is 0.180. The summed E-state index contributed by atoms with van der Waals surface area (Å²) in [7, 11) is 2.14. The molecule has 0 aromatic heterocycles. The van der Waals surface area contributed by atoms with Crippen molar-refractivity contribution in [1.82, 2.24) is 20.3 Å². The molecule has 0 aliphatic heterocycles. The van der Waals surface area contributed by atoms with Gasteiger partial charge in [-0.05, 0) is 38.4 Å². The van der Waals surface area contributed by atoms with Crippen LogP contribution in [0, 0.1) is 0 Å². The van der Waals surface area contributed by atoms with Gasteiger partial charge in [0.25, 0.3) is 0 Å². The molecule has 10 heteroatoms. The molecule has 0 aliphatic rings. The topological polar surface area (TPSA) is 95.1 Å². The summed E-state index contributed by atoms with van der Waals surface area (Å²) in [6, 6.07) is 7.43. The average Bonchev–Trinajstić information content (AvgIpc) is 2.64. The minimum atomic E-state index is -3.37. The van der Waals surface area contributed by atoms with E-state index in [1.54, 1.807) is 14.2 Å². The van der Waals surface area contributed by atoms with Crippen LogP contribution in [0.5, 0.6) is 0 Å². The van der Waals surface area contributed by atoms with Crippen LogP contribution in [0.15, 0.2) is 29.3 Å². The van der Waals surface area contributed by atoms with Gasteiger partial charge in [0.15, 0.2) is 5.96 Å². The Morgan fingerprint density at radius 1 is 1.17 bits per heavy atom. The van der Waals surface area contributed by atoms with E-state index in [9.17, 15) is 8.42 Å². The Morgan fingerprint density at radius 2 is 1.83 bits per heavy atom. The maximum absolute atomic E-state index is 12.3. The summed E-state index contributed by atoms with van der Waals surface area (Å²) in [5, 5.41) is 6.55. The van der Waals surface area contributed by atoms with Crippen LogP contribution in [0.3, 0.4) is 0 Å². The largest absolute Gasteiger partial charge is 0.385 e. The van der Waals surface area contributed by atoms with Crippen molar-refractivity contribution >= 4 is 40.0 Å². The molecule has 1 aromatic rings. The van der Waals surface area contributed by atoms with Crippen LogP contribution in [0.2, 0.25) is 0 Å². The molecule has 174 valence electrons. The Hall–Kier alpha value is -0.950. The van der Waals surface area contributed by atoms with E-state index in [1.165, 1.54) is 0 Å². The zero-order valence-electron chi connectivity index (χ0n) is 18.8. The molecule has 0 amide bonds. The Kier molecular flexibility index (Phi) is 15.3. The van der Waals surface area contributed by atoms with Gasteiger partial charge in [-0.3, -0.25) is 4.99 Å². The average molecular weight is 556 g/mol. The summed E-state index contributed by atoms with van der Waals surface area (Å²) < 4.78 is 32.3. The van der Waals surface area contributed by atoms with Crippen LogP contribution >= 0.6 is 24.0 Å². The van der Waals surface area contributed by atoms with Crippen LogP contribution in [-0.2, 0) is 27.1 Å². The molecule has 0 bridgehead atoms. The second-order valence-electron chi connectivity index (χ2n) is 7.30. The van der Waals surface area contributed by atoms with Crippen molar-refractivity contribution in [1.29, 1.82) is 0 Å². The fourth-order valence-electron chi connectivity index (χ4n) is 2.83. The zero-order valence-corrected chi connectivity index (χ0v) is 21.9. The maximum Gasteiger partial charge on any atom is 0.216 e. The minimum absolute atomic E-state index is 0. The number of methoxy groups -OCH3 is 1. The molecule has 0 saturated heterocycles. The predicted octanol–water partition coefficient (Wildman–Crippen LogP) is 1.77. The Balaban J connectivity index is 0.00000841. The van der Waals surface area contributed by atoms with Crippen molar-refractivity contribution < 1.29 is 13.2 Å². The number of rotatable bonds is 13. The number of guanidine groups is 1. The third kappa shape index (κ3) is 12.7. The second kappa shape index (κ2) is 15.8. The van der Waals surface area contributed by atoms with E-state index in [-0.39, 0.29) is 35.8 Å². The molecule has 1 aromatic carbocycles. The van der Waals surface area contributed by atoms with E-state index in [0.29, 0.717) is 12.5 Å². The molecule has 0 saturated carbocycles. The van der Waals surface area contributed by atoms with Crippen molar-refractivity contribution in [2.24, 2.45) is 4.99 Å². The van der Waals surface area contributed by atoms with E-state index >= 15 is 0 Å². The van der Waals surface area contributed by atoms with Gasteiger partial charge in [0.05, 0.1) is 5.75 Å². The van der Waals surface area contributed by atoms with E-state index in [1.807, 2.05) is 38.1 Å². The minimum Gasteiger partial charge on any atom is -0.385 e. The van der Waals surface area contributed by atoms with Crippen LogP contribution < -0.4 is 15.4 Å². The van der Waals surface area contributed by atoms with Crippen LogP contribution in [0.4, 0.5) is 0 Å². The third-order valence-electron chi connectivity index (χ3n) is 4.22. The van der Waals surface area contributed by atoms with Gasteiger partial charge in [0, 0.05) is 53.0 Å². The Morgan fingerprint density at radius 3 is 2.43 bits per heavy atom. The molecule has 3 N–H and O–H groups in total. The first kappa shape index (κ1) is 29.1. The Bertz CT molecular complexity index is 729. The van der Waals surface area contributed by atoms with Gasteiger partial charge in [0.2, 0.25) is 10.0 Å². The van der Waals surface area contributed by atoms with Crippen molar-refractivity contribution in [3.05, 3.63) is 35.4 Å². The molecule has 30 heavy (non-hydrogen) atoms. The van der Waals surface area contributed by atoms with Crippen molar-refractivity contribution in [3.63, 3.8) is 0 Å². The summed E-state index contributed by atoms with van der Waals surface area (Å²) in [5.41, 5.74) is 1.71. The van der Waals surface area contributed by atoms with Crippen molar-refractivity contribution in [2.45, 2.75) is 38.6 Å². The summed E-state index contributed by atoms with van der Waals surface area (Å²) in [5.74, 6) is 0.648. The lowest BCUT2D eigenvalue weighted by Crippen LogP contribution is -2.41. The SMILES string of the molecule is CN=C(NCCN(C)CCCOC)NCc1ccccc1CS(=O)(=O)NC(C)C.I.